The molecule has 2 aromatic carbocycles. The van der Waals surface area contributed by atoms with Gasteiger partial charge >= 0.3 is 0 Å². The highest BCUT2D eigenvalue weighted by atomic mass is 35.5. The molecule has 0 fully saturated rings. The summed E-state index contributed by atoms with van der Waals surface area (Å²) in [5.41, 5.74) is 5.05. The summed E-state index contributed by atoms with van der Waals surface area (Å²) in [5, 5.41) is 12.4. The number of aromatic amines is 1. The second-order valence-electron chi connectivity index (χ2n) is 6.73. The first-order valence-corrected chi connectivity index (χ1v) is 9.15. The number of aromatic nitrogens is 5. The third-order valence-electron chi connectivity index (χ3n) is 4.89. The lowest BCUT2D eigenvalue weighted by molar-refractivity contribution is 0.864. The topological polar surface area (TPSA) is 79.4 Å². The molecule has 29 heavy (non-hydrogen) atoms. The maximum atomic E-state index is 4.67. The highest BCUT2D eigenvalue weighted by Gasteiger charge is 2.10. The zero-order valence-electron chi connectivity index (χ0n) is 15.7. The van der Waals surface area contributed by atoms with Crippen molar-refractivity contribution in [1.29, 1.82) is 0 Å². The largest absolute Gasteiger partial charge is 0.348 e. The van der Waals surface area contributed by atoms with E-state index in [1.54, 1.807) is 12.4 Å². The first-order chi connectivity index (χ1) is 13.8. The zero-order valence-corrected chi connectivity index (χ0v) is 16.5. The van der Waals surface area contributed by atoms with Gasteiger partial charge in [-0.1, -0.05) is 36.4 Å². The fourth-order valence-corrected chi connectivity index (χ4v) is 3.39. The average Bonchev–Trinajstić information content (AvgIpc) is 3.23. The van der Waals surface area contributed by atoms with Crippen LogP contribution in [0.4, 0.5) is 5.95 Å². The van der Waals surface area contributed by atoms with Crippen LogP contribution in [0.3, 0.4) is 0 Å². The molecule has 1 unspecified atom stereocenters. The Balaban J connectivity index is 0.00000205. The molecule has 1 atom stereocenters. The lowest BCUT2D eigenvalue weighted by atomic mass is 10.0. The molecule has 0 aliphatic heterocycles. The van der Waals surface area contributed by atoms with E-state index in [1.807, 2.05) is 36.5 Å². The summed E-state index contributed by atoms with van der Waals surface area (Å²) >= 11 is 0. The van der Waals surface area contributed by atoms with Gasteiger partial charge in [0.25, 0.3) is 0 Å². The van der Waals surface area contributed by atoms with Crippen LogP contribution in [0.5, 0.6) is 0 Å². The molecule has 0 saturated carbocycles. The predicted molar refractivity (Wildman–Crippen MR) is 118 cm³/mol. The summed E-state index contributed by atoms with van der Waals surface area (Å²) in [6.07, 6.45) is 5.45. The number of nitrogens with zero attached hydrogens (tertiary/aromatic N) is 4. The molecule has 3 heterocycles. The van der Waals surface area contributed by atoms with Crippen LogP contribution in [-0.4, -0.2) is 25.1 Å². The fraction of sp³-hybridized carbons (Fsp3) is 0.0909. The van der Waals surface area contributed by atoms with E-state index in [2.05, 4.69) is 61.7 Å². The van der Waals surface area contributed by atoms with Gasteiger partial charge in [-0.2, -0.15) is 5.10 Å². The van der Waals surface area contributed by atoms with Crippen molar-refractivity contribution in [2.24, 2.45) is 0 Å². The van der Waals surface area contributed by atoms with Crippen molar-refractivity contribution in [3.63, 3.8) is 0 Å². The number of rotatable bonds is 4. The lowest BCUT2D eigenvalue weighted by Gasteiger charge is -2.14. The van der Waals surface area contributed by atoms with Gasteiger partial charge in [-0.3, -0.25) is 5.10 Å². The Kier molecular flexibility index (Phi) is 5.10. The smallest absolute Gasteiger partial charge is 0.223 e. The summed E-state index contributed by atoms with van der Waals surface area (Å²) in [6.45, 7) is 2.10. The number of fused-ring (bicyclic) bond motifs is 2. The van der Waals surface area contributed by atoms with Crippen LogP contribution in [-0.2, 0) is 0 Å². The number of anilines is 1. The number of halogens is 1. The lowest BCUT2D eigenvalue weighted by Crippen LogP contribution is -2.09. The Morgan fingerprint density at radius 2 is 1.83 bits per heavy atom. The van der Waals surface area contributed by atoms with Gasteiger partial charge in [0.15, 0.2) is 5.65 Å². The molecule has 0 bridgehead atoms. The molecule has 0 aliphatic rings. The van der Waals surface area contributed by atoms with Crippen LogP contribution in [0, 0.1) is 0 Å². The Labute approximate surface area is 173 Å². The van der Waals surface area contributed by atoms with Gasteiger partial charge in [0, 0.05) is 23.2 Å². The van der Waals surface area contributed by atoms with Crippen molar-refractivity contribution in [1.82, 2.24) is 25.1 Å². The van der Waals surface area contributed by atoms with E-state index in [0.29, 0.717) is 5.95 Å². The van der Waals surface area contributed by atoms with Crippen LogP contribution >= 0.6 is 12.4 Å². The maximum Gasteiger partial charge on any atom is 0.223 e. The van der Waals surface area contributed by atoms with Gasteiger partial charge in [-0.25, -0.2) is 15.0 Å². The molecular formula is C22H19ClN6. The minimum Gasteiger partial charge on any atom is -0.348 e. The van der Waals surface area contributed by atoms with E-state index in [4.69, 9.17) is 0 Å². The number of pyridine rings is 1. The Morgan fingerprint density at radius 3 is 2.69 bits per heavy atom. The van der Waals surface area contributed by atoms with Crippen molar-refractivity contribution < 1.29 is 0 Å². The van der Waals surface area contributed by atoms with Crippen molar-refractivity contribution >= 4 is 40.3 Å². The molecule has 0 saturated heterocycles. The van der Waals surface area contributed by atoms with E-state index in [0.717, 1.165) is 33.1 Å². The number of nitrogens with one attached hydrogen (secondary N) is 2. The molecule has 144 valence electrons. The molecule has 3 aromatic heterocycles. The molecule has 0 aliphatic carbocycles. The molecule has 0 amide bonds. The minimum atomic E-state index is 0. The predicted octanol–water partition coefficient (Wildman–Crippen LogP) is 5.16. The summed E-state index contributed by atoms with van der Waals surface area (Å²) in [4.78, 5) is 13.5. The first kappa shape index (κ1) is 18.8. The highest BCUT2D eigenvalue weighted by molar-refractivity contribution is 5.95. The van der Waals surface area contributed by atoms with Gasteiger partial charge in [0.1, 0.15) is 0 Å². The van der Waals surface area contributed by atoms with Crippen molar-refractivity contribution in [3.05, 3.63) is 78.8 Å². The molecule has 5 aromatic rings. The Morgan fingerprint density at radius 1 is 0.966 bits per heavy atom. The van der Waals surface area contributed by atoms with E-state index in [9.17, 15) is 0 Å². The first-order valence-electron chi connectivity index (χ1n) is 9.15. The van der Waals surface area contributed by atoms with Crippen molar-refractivity contribution in [2.45, 2.75) is 13.0 Å². The second kappa shape index (κ2) is 7.85. The van der Waals surface area contributed by atoms with Crippen LogP contribution in [0.25, 0.3) is 33.1 Å². The molecule has 2 N–H and O–H groups in total. The molecule has 0 radical (unpaired) electrons. The summed E-state index contributed by atoms with van der Waals surface area (Å²) in [7, 11) is 0. The monoisotopic (exact) mass is 402 g/mol. The molecular weight excluding hydrogens is 384 g/mol. The summed E-state index contributed by atoms with van der Waals surface area (Å²) in [5.74, 6) is 0.623. The third kappa shape index (κ3) is 3.62. The van der Waals surface area contributed by atoms with Gasteiger partial charge < -0.3 is 5.32 Å². The van der Waals surface area contributed by atoms with Gasteiger partial charge in [0.05, 0.1) is 17.8 Å². The Hall–Kier alpha value is -3.51. The SMILES string of the molecule is CC(Nc1ncc2cc(-c3ccnc4[nH]ncc34)ccc2n1)c1ccccc1.Cl. The van der Waals surface area contributed by atoms with Crippen LogP contribution in [0.1, 0.15) is 18.5 Å². The van der Waals surface area contributed by atoms with Gasteiger partial charge in [-0.05, 0) is 41.8 Å². The zero-order chi connectivity index (χ0) is 18.9. The van der Waals surface area contributed by atoms with Crippen molar-refractivity contribution in [2.75, 3.05) is 5.32 Å². The fourth-order valence-electron chi connectivity index (χ4n) is 3.39. The molecule has 5 rings (SSSR count). The molecule has 7 heteroatoms. The van der Waals surface area contributed by atoms with Crippen LogP contribution < -0.4 is 5.32 Å². The molecule has 0 spiro atoms. The highest BCUT2D eigenvalue weighted by Crippen LogP contribution is 2.29. The normalized spacial score (nSPS) is 11.9. The van der Waals surface area contributed by atoms with E-state index >= 15 is 0 Å². The Bertz CT molecular complexity index is 1270. The summed E-state index contributed by atoms with van der Waals surface area (Å²) < 4.78 is 0. The van der Waals surface area contributed by atoms with Gasteiger partial charge in [0.2, 0.25) is 5.95 Å². The van der Waals surface area contributed by atoms with Crippen LogP contribution in [0.15, 0.2) is 73.2 Å². The number of hydrogen-bond acceptors (Lipinski definition) is 5. The number of H-pyrrole nitrogens is 1. The second-order valence-corrected chi connectivity index (χ2v) is 6.73. The van der Waals surface area contributed by atoms with E-state index in [-0.39, 0.29) is 18.4 Å². The summed E-state index contributed by atoms with van der Waals surface area (Å²) in [6, 6.07) is 18.6. The number of hydrogen-bond donors (Lipinski definition) is 2. The van der Waals surface area contributed by atoms with E-state index in [1.165, 1.54) is 5.56 Å². The standard InChI is InChI=1S/C22H18N6.ClH/c1-14(15-5-3-2-4-6-15)26-22-24-12-17-11-16(7-8-20(17)27-22)18-9-10-23-21-19(18)13-25-28-21;/h2-14H,1H3,(H,23,25,28)(H,24,26,27);1H. The maximum absolute atomic E-state index is 4.67. The third-order valence-corrected chi connectivity index (χ3v) is 4.89. The number of benzene rings is 2. The van der Waals surface area contributed by atoms with E-state index < -0.39 is 0 Å². The average molecular weight is 403 g/mol. The molecule has 6 nitrogen and oxygen atoms in total. The van der Waals surface area contributed by atoms with Crippen LogP contribution in [0.2, 0.25) is 0 Å². The van der Waals surface area contributed by atoms with Gasteiger partial charge in [-0.15, -0.1) is 12.4 Å². The minimum absolute atomic E-state index is 0. The van der Waals surface area contributed by atoms with Crippen molar-refractivity contribution in [3.8, 4) is 11.1 Å². The quantitative estimate of drug-likeness (QED) is 0.434.